The minimum atomic E-state index is -0.0350. The molecule has 1 saturated heterocycles. The zero-order valence-electron chi connectivity index (χ0n) is 11.3. The second-order valence-corrected chi connectivity index (χ2v) is 5.59. The van der Waals surface area contributed by atoms with Crippen LogP contribution in [0, 0.1) is 0 Å². The van der Waals surface area contributed by atoms with Crippen molar-refractivity contribution in [2.24, 2.45) is 7.05 Å². The number of aromatic nitrogens is 5. The summed E-state index contributed by atoms with van der Waals surface area (Å²) in [4.78, 5) is 1.67. The predicted octanol–water partition coefficient (Wildman–Crippen LogP) is 2.09. The van der Waals surface area contributed by atoms with Crippen LogP contribution in [0.15, 0.2) is 17.0 Å². The van der Waals surface area contributed by atoms with Gasteiger partial charge in [-0.15, -0.1) is 5.10 Å². The van der Waals surface area contributed by atoms with Crippen LogP contribution in [0.4, 0.5) is 5.69 Å². The van der Waals surface area contributed by atoms with E-state index in [-0.39, 0.29) is 6.23 Å². The summed E-state index contributed by atoms with van der Waals surface area (Å²) in [6.07, 6.45) is 6.91. The molecule has 1 aliphatic heterocycles. The first-order chi connectivity index (χ1) is 9.72. The van der Waals surface area contributed by atoms with Crippen molar-refractivity contribution in [3.05, 3.63) is 22.7 Å². The highest BCUT2D eigenvalue weighted by molar-refractivity contribution is 9.10. The standard InChI is InChI=1S/C12H17BrN6O/c1-18-8-9(6-15-18)14-7-10-12(13)17-19(16-10)11-4-2-3-5-20-11/h6,8,11,14H,2-5,7H2,1H3. The summed E-state index contributed by atoms with van der Waals surface area (Å²) in [5.74, 6) is 0. The molecule has 108 valence electrons. The van der Waals surface area contributed by atoms with E-state index in [0.29, 0.717) is 6.54 Å². The third-order valence-electron chi connectivity index (χ3n) is 3.23. The van der Waals surface area contributed by atoms with Gasteiger partial charge in [0.05, 0.1) is 18.4 Å². The minimum absolute atomic E-state index is 0.0350. The van der Waals surface area contributed by atoms with E-state index in [1.165, 1.54) is 0 Å². The molecule has 1 fully saturated rings. The van der Waals surface area contributed by atoms with Crippen LogP contribution in [-0.2, 0) is 18.3 Å². The van der Waals surface area contributed by atoms with E-state index in [2.05, 4.69) is 36.5 Å². The van der Waals surface area contributed by atoms with E-state index in [1.54, 1.807) is 15.7 Å². The molecule has 20 heavy (non-hydrogen) atoms. The first kappa shape index (κ1) is 13.6. The highest BCUT2D eigenvalue weighted by Gasteiger charge is 2.19. The smallest absolute Gasteiger partial charge is 0.169 e. The number of rotatable bonds is 4. The quantitative estimate of drug-likeness (QED) is 0.922. The molecule has 2 aromatic heterocycles. The molecule has 0 spiro atoms. The van der Waals surface area contributed by atoms with Gasteiger partial charge in [-0.25, -0.2) is 0 Å². The molecular formula is C12H17BrN6O. The van der Waals surface area contributed by atoms with Gasteiger partial charge in [0.25, 0.3) is 0 Å². The van der Waals surface area contributed by atoms with Crippen molar-refractivity contribution in [2.45, 2.75) is 32.0 Å². The van der Waals surface area contributed by atoms with E-state index in [0.717, 1.165) is 41.9 Å². The van der Waals surface area contributed by atoms with Gasteiger partial charge in [-0.1, -0.05) is 0 Å². The molecular weight excluding hydrogens is 324 g/mol. The maximum absolute atomic E-state index is 5.68. The van der Waals surface area contributed by atoms with Crippen LogP contribution >= 0.6 is 15.9 Å². The van der Waals surface area contributed by atoms with E-state index >= 15 is 0 Å². The molecule has 1 unspecified atom stereocenters. The van der Waals surface area contributed by atoms with Crippen LogP contribution in [0.3, 0.4) is 0 Å². The lowest BCUT2D eigenvalue weighted by Crippen LogP contribution is -2.20. The lowest BCUT2D eigenvalue weighted by atomic mass is 10.2. The second-order valence-electron chi connectivity index (χ2n) is 4.84. The minimum Gasteiger partial charge on any atom is -0.377 e. The summed E-state index contributed by atoms with van der Waals surface area (Å²) in [7, 11) is 1.89. The summed E-state index contributed by atoms with van der Waals surface area (Å²) in [5, 5.41) is 16.3. The predicted molar refractivity (Wildman–Crippen MR) is 77.1 cm³/mol. The Kier molecular flexibility index (Phi) is 4.02. The first-order valence-corrected chi connectivity index (χ1v) is 7.47. The largest absolute Gasteiger partial charge is 0.377 e. The van der Waals surface area contributed by atoms with Crippen LogP contribution in [0.1, 0.15) is 31.2 Å². The molecule has 3 rings (SSSR count). The van der Waals surface area contributed by atoms with Crippen molar-refractivity contribution < 1.29 is 4.74 Å². The number of hydrogen-bond donors (Lipinski definition) is 1. The van der Waals surface area contributed by atoms with E-state index < -0.39 is 0 Å². The molecule has 1 aliphatic rings. The molecule has 7 nitrogen and oxygen atoms in total. The molecule has 3 heterocycles. The van der Waals surface area contributed by atoms with E-state index in [1.807, 2.05) is 13.2 Å². The van der Waals surface area contributed by atoms with Crippen molar-refractivity contribution in [1.29, 1.82) is 0 Å². The average Bonchev–Trinajstić information content (AvgIpc) is 3.04. The highest BCUT2D eigenvalue weighted by atomic mass is 79.9. The van der Waals surface area contributed by atoms with Crippen LogP contribution in [0.5, 0.6) is 0 Å². The van der Waals surface area contributed by atoms with Crippen molar-refractivity contribution in [1.82, 2.24) is 24.8 Å². The Hall–Kier alpha value is -1.41. The summed E-state index contributed by atoms with van der Waals surface area (Å²) in [5.41, 5.74) is 1.82. The lowest BCUT2D eigenvalue weighted by Gasteiger charge is -2.21. The number of halogens is 1. The lowest BCUT2D eigenvalue weighted by molar-refractivity contribution is -0.0483. The molecule has 0 aliphatic carbocycles. The van der Waals surface area contributed by atoms with Crippen molar-refractivity contribution >= 4 is 21.6 Å². The van der Waals surface area contributed by atoms with Crippen LogP contribution in [0.2, 0.25) is 0 Å². The van der Waals surface area contributed by atoms with Crippen LogP contribution in [-0.4, -0.2) is 31.4 Å². The van der Waals surface area contributed by atoms with E-state index in [9.17, 15) is 0 Å². The monoisotopic (exact) mass is 340 g/mol. The van der Waals surface area contributed by atoms with Crippen LogP contribution < -0.4 is 5.32 Å². The fourth-order valence-electron chi connectivity index (χ4n) is 2.18. The number of hydrogen-bond acceptors (Lipinski definition) is 5. The number of anilines is 1. The van der Waals surface area contributed by atoms with Gasteiger partial charge in [0.2, 0.25) is 0 Å². The average molecular weight is 341 g/mol. The Morgan fingerprint density at radius 3 is 3.05 bits per heavy atom. The molecule has 2 aromatic rings. The fraction of sp³-hybridized carbons (Fsp3) is 0.583. The van der Waals surface area contributed by atoms with E-state index in [4.69, 9.17) is 4.74 Å². The molecule has 1 N–H and O–H groups in total. The Bertz CT molecular complexity index is 574. The zero-order valence-corrected chi connectivity index (χ0v) is 12.9. The summed E-state index contributed by atoms with van der Waals surface area (Å²) >= 11 is 3.45. The Morgan fingerprint density at radius 2 is 2.35 bits per heavy atom. The Labute approximate surface area is 125 Å². The molecule has 0 radical (unpaired) electrons. The first-order valence-electron chi connectivity index (χ1n) is 6.68. The van der Waals surface area contributed by atoms with Gasteiger partial charge in [0.1, 0.15) is 5.69 Å². The van der Waals surface area contributed by atoms with Gasteiger partial charge in [0.15, 0.2) is 10.8 Å². The normalized spacial score (nSPS) is 19.2. The van der Waals surface area contributed by atoms with Gasteiger partial charge in [-0.05, 0) is 35.2 Å². The maximum Gasteiger partial charge on any atom is 0.169 e. The summed E-state index contributed by atoms with van der Waals surface area (Å²) < 4.78 is 8.19. The highest BCUT2D eigenvalue weighted by Crippen LogP contribution is 2.23. The Balaban J connectivity index is 1.65. The van der Waals surface area contributed by atoms with Gasteiger partial charge < -0.3 is 10.1 Å². The van der Waals surface area contributed by atoms with Gasteiger partial charge in [-0.2, -0.15) is 15.0 Å². The topological polar surface area (TPSA) is 69.8 Å². The van der Waals surface area contributed by atoms with Crippen molar-refractivity contribution in [2.75, 3.05) is 11.9 Å². The van der Waals surface area contributed by atoms with Gasteiger partial charge in [0, 0.05) is 19.9 Å². The van der Waals surface area contributed by atoms with Crippen molar-refractivity contribution in [3.8, 4) is 0 Å². The fourth-order valence-corrected chi connectivity index (χ4v) is 2.56. The Morgan fingerprint density at radius 1 is 1.45 bits per heavy atom. The molecule has 1 atom stereocenters. The van der Waals surface area contributed by atoms with Gasteiger partial charge in [-0.3, -0.25) is 4.68 Å². The zero-order chi connectivity index (χ0) is 13.9. The van der Waals surface area contributed by atoms with Gasteiger partial charge >= 0.3 is 0 Å². The SMILES string of the molecule is Cn1cc(NCc2nn(C3CCCCO3)nc2Br)cn1. The number of nitrogens with one attached hydrogen (secondary N) is 1. The molecule has 0 bridgehead atoms. The molecule has 8 heteroatoms. The third kappa shape index (κ3) is 3.01. The molecule has 0 amide bonds. The summed E-state index contributed by atoms with van der Waals surface area (Å²) in [6.45, 7) is 1.38. The number of aryl methyl sites for hydroxylation is 1. The van der Waals surface area contributed by atoms with Crippen molar-refractivity contribution in [3.63, 3.8) is 0 Å². The third-order valence-corrected chi connectivity index (χ3v) is 3.85. The number of nitrogens with zero attached hydrogens (tertiary/aromatic N) is 5. The molecule has 0 aromatic carbocycles. The summed E-state index contributed by atoms with van der Waals surface area (Å²) in [6, 6.07) is 0. The second kappa shape index (κ2) is 5.92. The maximum atomic E-state index is 5.68. The van der Waals surface area contributed by atoms with Crippen LogP contribution in [0.25, 0.3) is 0 Å². The number of ether oxygens (including phenoxy) is 1. The molecule has 0 saturated carbocycles.